The molecule has 0 radical (unpaired) electrons. The summed E-state index contributed by atoms with van der Waals surface area (Å²) in [6.07, 6.45) is 1.48. The molecule has 0 saturated carbocycles. The Morgan fingerprint density at radius 1 is 1.85 bits per heavy atom. The molecule has 0 unspecified atom stereocenters. The van der Waals surface area contributed by atoms with E-state index in [4.69, 9.17) is 11.6 Å². The van der Waals surface area contributed by atoms with Crippen LogP contribution < -0.4 is 5.56 Å². The molecule has 0 amide bonds. The summed E-state index contributed by atoms with van der Waals surface area (Å²) >= 11 is 8.71. The molecule has 0 aliphatic rings. The number of hydrogen-bond acceptors (Lipinski definition) is 2. The standard InChI is InChI=1S/C8H8BrClN2O/c1-5(10)4-12-6(2)11-3-7(9)8(12)13/h3H,1,4H2,2H3. The molecule has 3 nitrogen and oxygen atoms in total. The lowest BCUT2D eigenvalue weighted by molar-refractivity contribution is 0.703. The van der Waals surface area contributed by atoms with E-state index in [-0.39, 0.29) is 5.56 Å². The van der Waals surface area contributed by atoms with Gasteiger partial charge in [-0.05, 0) is 22.9 Å². The van der Waals surface area contributed by atoms with Gasteiger partial charge in [0.25, 0.3) is 5.56 Å². The first-order valence-corrected chi connectivity index (χ1v) is 4.74. The Kier molecular flexibility index (Phi) is 3.27. The predicted molar refractivity (Wildman–Crippen MR) is 55.9 cm³/mol. The maximum atomic E-state index is 11.5. The Morgan fingerprint density at radius 2 is 2.46 bits per heavy atom. The number of aryl methyl sites for hydroxylation is 1. The van der Waals surface area contributed by atoms with Crippen LogP contribution in [0, 0.1) is 6.92 Å². The number of halogens is 2. The molecule has 0 bridgehead atoms. The van der Waals surface area contributed by atoms with Crippen molar-refractivity contribution in [1.82, 2.24) is 9.55 Å². The van der Waals surface area contributed by atoms with E-state index < -0.39 is 0 Å². The smallest absolute Gasteiger partial charge is 0.268 e. The van der Waals surface area contributed by atoms with E-state index in [0.29, 0.717) is 21.9 Å². The highest BCUT2D eigenvalue weighted by molar-refractivity contribution is 9.10. The van der Waals surface area contributed by atoms with Crippen LogP contribution in [0.3, 0.4) is 0 Å². The molecule has 1 aromatic heterocycles. The summed E-state index contributed by atoms with van der Waals surface area (Å²) in [7, 11) is 0. The topological polar surface area (TPSA) is 34.9 Å². The van der Waals surface area contributed by atoms with Crippen molar-refractivity contribution in [2.24, 2.45) is 0 Å². The molecular weight excluding hydrogens is 255 g/mol. The van der Waals surface area contributed by atoms with Crippen LogP contribution in [0.15, 0.2) is 27.1 Å². The van der Waals surface area contributed by atoms with Gasteiger partial charge in [-0.15, -0.1) is 0 Å². The monoisotopic (exact) mass is 262 g/mol. The highest BCUT2D eigenvalue weighted by atomic mass is 79.9. The first kappa shape index (κ1) is 10.5. The molecule has 0 aliphatic heterocycles. The predicted octanol–water partition coefficient (Wildman–Crippen LogP) is 2.07. The van der Waals surface area contributed by atoms with Gasteiger partial charge in [-0.1, -0.05) is 18.2 Å². The SMILES string of the molecule is C=C(Cl)Cn1c(C)ncc(Br)c1=O. The zero-order chi connectivity index (χ0) is 10.0. The van der Waals surface area contributed by atoms with Gasteiger partial charge in [0.05, 0.1) is 6.54 Å². The highest BCUT2D eigenvalue weighted by Gasteiger charge is 2.05. The Balaban J connectivity index is 3.26. The summed E-state index contributed by atoms with van der Waals surface area (Å²) in [6, 6.07) is 0. The van der Waals surface area contributed by atoms with Gasteiger partial charge >= 0.3 is 0 Å². The molecule has 1 heterocycles. The summed E-state index contributed by atoms with van der Waals surface area (Å²) in [5, 5.41) is 0.408. The normalized spacial score (nSPS) is 10.1. The van der Waals surface area contributed by atoms with E-state index in [1.54, 1.807) is 6.92 Å². The Hall–Kier alpha value is -0.610. The van der Waals surface area contributed by atoms with E-state index in [9.17, 15) is 4.79 Å². The minimum Gasteiger partial charge on any atom is -0.291 e. The maximum Gasteiger partial charge on any atom is 0.268 e. The Morgan fingerprint density at radius 3 is 3.00 bits per heavy atom. The van der Waals surface area contributed by atoms with Crippen LogP contribution in [0.25, 0.3) is 0 Å². The third kappa shape index (κ3) is 2.42. The fourth-order valence-electron chi connectivity index (χ4n) is 0.909. The van der Waals surface area contributed by atoms with Crippen molar-refractivity contribution in [3.8, 4) is 0 Å². The quantitative estimate of drug-likeness (QED) is 0.819. The van der Waals surface area contributed by atoms with E-state index in [1.807, 2.05) is 0 Å². The fourth-order valence-corrected chi connectivity index (χ4v) is 1.34. The zero-order valence-corrected chi connectivity index (χ0v) is 9.39. The average Bonchev–Trinajstić information content (AvgIpc) is 2.05. The van der Waals surface area contributed by atoms with Gasteiger partial charge in [0.1, 0.15) is 10.3 Å². The maximum absolute atomic E-state index is 11.5. The summed E-state index contributed by atoms with van der Waals surface area (Å²) in [5.74, 6) is 0.620. The van der Waals surface area contributed by atoms with Crippen molar-refractivity contribution in [2.75, 3.05) is 0 Å². The minimum absolute atomic E-state index is 0.144. The lowest BCUT2D eigenvalue weighted by atomic mass is 10.5. The van der Waals surface area contributed by atoms with Gasteiger partial charge in [-0.2, -0.15) is 0 Å². The second-order valence-electron chi connectivity index (χ2n) is 2.56. The van der Waals surface area contributed by atoms with Crippen molar-refractivity contribution in [1.29, 1.82) is 0 Å². The third-order valence-electron chi connectivity index (χ3n) is 1.53. The second kappa shape index (κ2) is 4.07. The van der Waals surface area contributed by atoms with Crippen LogP contribution >= 0.6 is 27.5 Å². The van der Waals surface area contributed by atoms with Gasteiger partial charge < -0.3 is 0 Å². The molecule has 0 aliphatic carbocycles. The molecule has 0 aromatic carbocycles. The van der Waals surface area contributed by atoms with Gasteiger partial charge in [-0.25, -0.2) is 4.98 Å². The molecule has 70 valence electrons. The molecule has 13 heavy (non-hydrogen) atoms. The van der Waals surface area contributed by atoms with Gasteiger partial charge in [0.2, 0.25) is 0 Å². The summed E-state index contributed by atoms with van der Waals surface area (Å²) < 4.78 is 1.88. The third-order valence-corrected chi connectivity index (χ3v) is 2.20. The van der Waals surface area contributed by atoms with E-state index in [1.165, 1.54) is 10.8 Å². The molecule has 5 heteroatoms. The van der Waals surface area contributed by atoms with Crippen LogP contribution in [0.1, 0.15) is 5.82 Å². The van der Waals surface area contributed by atoms with Crippen LogP contribution in [0.2, 0.25) is 0 Å². The van der Waals surface area contributed by atoms with Crippen molar-refractivity contribution >= 4 is 27.5 Å². The van der Waals surface area contributed by atoms with Crippen LogP contribution in [-0.4, -0.2) is 9.55 Å². The van der Waals surface area contributed by atoms with E-state index in [0.717, 1.165) is 0 Å². The summed E-state index contributed by atoms with van der Waals surface area (Å²) in [4.78, 5) is 15.5. The fraction of sp³-hybridized carbons (Fsp3) is 0.250. The van der Waals surface area contributed by atoms with Crippen LogP contribution in [0.4, 0.5) is 0 Å². The Labute approximate surface area is 89.2 Å². The van der Waals surface area contributed by atoms with Gasteiger partial charge in [0.15, 0.2) is 0 Å². The van der Waals surface area contributed by atoms with Crippen LogP contribution in [-0.2, 0) is 6.54 Å². The molecule has 0 N–H and O–H groups in total. The lowest BCUT2D eigenvalue weighted by Crippen LogP contribution is -2.24. The molecule has 1 aromatic rings. The minimum atomic E-state index is -0.144. The molecule has 0 saturated heterocycles. The second-order valence-corrected chi connectivity index (χ2v) is 3.95. The first-order valence-electron chi connectivity index (χ1n) is 3.57. The first-order chi connectivity index (χ1) is 6.02. The Bertz CT molecular complexity index is 400. The summed E-state index contributed by atoms with van der Waals surface area (Å²) in [5.41, 5.74) is -0.144. The highest BCUT2D eigenvalue weighted by Crippen LogP contribution is 2.05. The largest absolute Gasteiger partial charge is 0.291 e. The molecule has 0 spiro atoms. The summed E-state index contributed by atoms with van der Waals surface area (Å²) in [6.45, 7) is 5.56. The van der Waals surface area contributed by atoms with Crippen molar-refractivity contribution in [3.05, 3.63) is 38.5 Å². The number of aromatic nitrogens is 2. The van der Waals surface area contributed by atoms with Crippen molar-refractivity contribution in [3.63, 3.8) is 0 Å². The van der Waals surface area contributed by atoms with Gasteiger partial charge in [-0.3, -0.25) is 9.36 Å². The van der Waals surface area contributed by atoms with Gasteiger partial charge in [0, 0.05) is 11.2 Å². The lowest BCUT2D eigenvalue weighted by Gasteiger charge is -2.07. The molecule has 0 atom stereocenters. The number of nitrogens with zero attached hydrogens (tertiary/aromatic N) is 2. The number of hydrogen-bond donors (Lipinski definition) is 0. The molecule has 0 fully saturated rings. The molecule has 1 rings (SSSR count). The van der Waals surface area contributed by atoms with Crippen LogP contribution in [0.5, 0.6) is 0 Å². The van der Waals surface area contributed by atoms with Crippen molar-refractivity contribution in [2.45, 2.75) is 13.5 Å². The average molecular weight is 264 g/mol. The number of rotatable bonds is 2. The van der Waals surface area contributed by atoms with Crippen molar-refractivity contribution < 1.29 is 0 Å². The van der Waals surface area contributed by atoms with E-state index >= 15 is 0 Å². The molecular formula is C8H8BrClN2O. The zero-order valence-electron chi connectivity index (χ0n) is 7.05. The van der Waals surface area contributed by atoms with E-state index in [2.05, 4.69) is 27.5 Å². The number of allylic oxidation sites excluding steroid dienone is 1.